The molecule has 0 saturated heterocycles. The van der Waals surface area contributed by atoms with Crippen LogP contribution in [0.4, 0.5) is 0 Å². The third-order valence-corrected chi connectivity index (χ3v) is 3.87. The highest BCUT2D eigenvalue weighted by Crippen LogP contribution is 2.18. The van der Waals surface area contributed by atoms with Crippen LogP contribution in [0.3, 0.4) is 0 Å². The highest BCUT2D eigenvalue weighted by atomic mass is 35.5. The minimum atomic E-state index is -0.00157. The molecule has 1 heterocycles. The quantitative estimate of drug-likeness (QED) is 0.831. The molecule has 2 aromatic rings. The van der Waals surface area contributed by atoms with E-state index in [0.717, 1.165) is 25.2 Å². The molecule has 0 bridgehead atoms. The van der Waals surface area contributed by atoms with Gasteiger partial charge in [-0.25, -0.2) is 4.98 Å². The fourth-order valence-corrected chi connectivity index (χ4v) is 2.60. The lowest BCUT2D eigenvalue weighted by atomic mass is 10.2. The molecule has 0 radical (unpaired) electrons. The van der Waals surface area contributed by atoms with Gasteiger partial charge < -0.3 is 5.32 Å². The summed E-state index contributed by atoms with van der Waals surface area (Å²) in [5.41, 5.74) is 0.662. The van der Waals surface area contributed by atoms with Crippen LogP contribution in [-0.2, 0) is 6.54 Å². The van der Waals surface area contributed by atoms with Gasteiger partial charge in [-0.3, -0.25) is 9.36 Å². The van der Waals surface area contributed by atoms with Gasteiger partial charge in [0.25, 0.3) is 5.56 Å². The Morgan fingerprint density at radius 1 is 1.38 bits per heavy atom. The largest absolute Gasteiger partial charge is 0.308 e. The molecule has 1 aromatic carbocycles. The second kappa shape index (κ2) is 7.05. The predicted molar refractivity (Wildman–Crippen MR) is 88.0 cm³/mol. The summed E-state index contributed by atoms with van der Waals surface area (Å²) in [7, 11) is 0. The van der Waals surface area contributed by atoms with E-state index in [1.165, 1.54) is 0 Å². The van der Waals surface area contributed by atoms with Crippen molar-refractivity contribution in [1.29, 1.82) is 0 Å². The summed E-state index contributed by atoms with van der Waals surface area (Å²) in [4.78, 5) is 17.2. The Morgan fingerprint density at radius 2 is 2.14 bits per heavy atom. The molecule has 5 heteroatoms. The third-order valence-electron chi connectivity index (χ3n) is 3.63. The molecule has 2 rings (SSSR count). The van der Waals surface area contributed by atoms with E-state index in [-0.39, 0.29) is 11.6 Å². The van der Waals surface area contributed by atoms with Crippen molar-refractivity contribution in [3.63, 3.8) is 0 Å². The van der Waals surface area contributed by atoms with E-state index in [1.54, 1.807) is 22.8 Å². The van der Waals surface area contributed by atoms with Crippen LogP contribution in [0.5, 0.6) is 0 Å². The number of hydrogen-bond acceptors (Lipinski definition) is 3. The fraction of sp³-hybridized carbons (Fsp3) is 0.500. The van der Waals surface area contributed by atoms with E-state index < -0.39 is 0 Å². The molecule has 114 valence electrons. The lowest BCUT2D eigenvalue weighted by molar-refractivity contribution is 0.497. The number of halogens is 1. The molecule has 1 N–H and O–H groups in total. The monoisotopic (exact) mass is 307 g/mol. The number of rotatable bonds is 6. The standard InChI is InChI=1S/C16H22ClN3O/c1-4-6-9-18-11(3)15-19-14-10-12(17)7-8-13(14)16(21)20(15)5-2/h7-8,10-11,18H,4-6,9H2,1-3H3/t11-/m0/s1. The normalized spacial score (nSPS) is 12.8. The van der Waals surface area contributed by atoms with Crippen LogP contribution in [0, 0.1) is 0 Å². The van der Waals surface area contributed by atoms with Gasteiger partial charge in [0.1, 0.15) is 5.82 Å². The lowest BCUT2D eigenvalue weighted by Gasteiger charge is -2.18. The Kier molecular flexibility index (Phi) is 5.37. The zero-order valence-corrected chi connectivity index (χ0v) is 13.6. The van der Waals surface area contributed by atoms with E-state index in [2.05, 4.69) is 17.2 Å². The molecule has 1 aromatic heterocycles. The fourth-order valence-electron chi connectivity index (χ4n) is 2.43. The average Bonchev–Trinajstić information content (AvgIpc) is 2.46. The van der Waals surface area contributed by atoms with Gasteiger partial charge in [-0.2, -0.15) is 0 Å². The number of aromatic nitrogens is 2. The van der Waals surface area contributed by atoms with Crippen molar-refractivity contribution in [2.75, 3.05) is 6.54 Å². The van der Waals surface area contributed by atoms with Gasteiger partial charge in [0.2, 0.25) is 0 Å². The van der Waals surface area contributed by atoms with E-state index in [1.807, 2.05) is 13.8 Å². The van der Waals surface area contributed by atoms with Crippen molar-refractivity contribution in [2.24, 2.45) is 0 Å². The van der Waals surface area contributed by atoms with Crippen molar-refractivity contribution in [2.45, 2.75) is 46.2 Å². The van der Waals surface area contributed by atoms with Gasteiger partial charge >= 0.3 is 0 Å². The second-order valence-electron chi connectivity index (χ2n) is 5.21. The molecule has 0 fully saturated rings. The summed E-state index contributed by atoms with van der Waals surface area (Å²) in [5.74, 6) is 0.772. The second-order valence-corrected chi connectivity index (χ2v) is 5.65. The van der Waals surface area contributed by atoms with Gasteiger partial charge in [0.05, 0.1) is 16.9 Å². The van der Waals surface area contributed by atoms with Crippen LogP contribution >= 0.6 is 11.6 Å². The molecule has 0 aliphatic carbocycles. The zero-order chi connectivity index (χ0) is 15.4. The Labute approximate surface area is 130 Å². The maximum Gasteiger partial charge on any atom is 0.261 e. The van der Waals surface area contributed by atoms with Crippen LogP contribution in [-0.4, -0.2) is 16.1 Å². The molecule has 4 nitrogen and oxygen atoms in total. The number of unbranched alkanes of at least 4 members (excludes halogenated alkanes) is 1. The summed E-state index contributed by atoms with van der Waals surface area (Å²) in [6.45, 7) is 7.70. The molecule has 0 spiro atoms. The van der Waals surface area contributed by atoms with E-state index >= 15 is 0 Å². The van der Waals surface area contributed by atoms with Gasteiger partial charge in [-0.1, -0.05) is 24.9 Å². The zero-order valence-electron chi connectivity index (χ0n) is 12.8. The van der Waals surface area contributed by atoms with Gasteiger partial charge in [0, 0.05) is 11.6 Å². The first-order valence-electron chi connectivity index (χ1n) is 7.51. The van der Waals surface area contributed by atoms with E-state index in [4.69, 9.17) is 11.6 Å². The van der Waals surface area contributed by atoms with Crippen molar-refractivity contribution < 1.29 is 0 Å². The first-order chi connectivity index (χ1) is 10.1. The maximum absolute atomic E-state index is 12.6. The van der Waals surface area contributed by atoms with Gasteiger partial charge in [-0.05, 0) is 45.0 Å². The van der Waals surface area contributed by atoms with Crippen LogP contribution < -0.4 is 10.9 Å². The Morgan fingerprint density at radius 3 is 2.81 bits per heavy atom. The summed E-state index contributed by atoms with van der Waals surface area (Å²) in [6.07, 6.45) is 2.25. The number of fused-ring (bicyclic) bond motifs is 1. The highest BCUT2D eigenvalue weighted by Gasteiger charge is 2.15. The van der Waals surface area contributed by atoms with Crippen molar-refractivity contribution >= 4 is 22.5 Å². The summed E-state index contributed by atoms with van der Waals surface area (Å²) in [6, 6.07) is 5.27. The highest BCUT2D eigenvalue weighted by molar-refractivity contribution is 6.31. The summed E-state index contributed by atoms with van der Waals surface area (Å²) >= 11 is 6.01. The first kappa shape index (κ1) is 16.0. The van der Waals surface area contributed by atoms with Crippen molar-refractivity contribution in [3.05, 3.63) is 39.4 Å². The van der Waals surface area contributed by atoms with Crippen LogP contribution in [0.15, 0.2) is 23.0 Å². The molecule has 0 unspecified atom stereocenters. The Hall–Kier alpha value is -1.39. The molecule has 0 aliphatic heterocycles. The first-order valence-corrected chi connectivity index (χ1v) is 7.89. The van der Waals surface area contributed by atoms with Gasteiger partial charge in [-0.15, -0.1) is 0 Å². The Balaban J connectivity index is 2.48. The molecule has 0 amide bonds. The van der Waals surface area contributed by atoms with Crippen LogP contribution in [0.1, 0.15) is 45.5 Å². The molecular weight excluding hydrogens is 286 g/mol. The third kappa shape index (κ3) is 3.44. The van der Waals surface area contributed by atoms with Crippen LogP contribution in [0.25, 0.3) is 10.9 Å². The summed E-state index contributed by atoms with van der Waals surface area (Å²) < 4.78 is 1.74. The minimum absolute atomic E-state index is 0.00157. The molecule has 1 atom stereocenters. The van der Waals surface area contributed by atoms with E-state index in [9.17, 15) is 4.79 Å². The number of benzene rings is 1. The number of nitrogens with one attached hydrogen (secondary N) is 1. The minimum Gasteiger partial charge on any atom is -0.308 e. The topological polar surface area (TPSA) is 46.9 Å². The lowest BCUT2D eigenvalue weighted by Crippen LogP contribution is -2.31. The Bertz CT molecular complexity index is 681. The van der Waals surface area contributed by atoms with Gasteiger partial charge in [0.15, 0.2) is 0 Å². The van der Waals surface area contributed by atoms with E-state index in [0.29, 0.717) is 22.5 Å². The van der Waals surface area contributed by atoms with Crippen molar-refractivity contribution in [1.82, 2.24) is 14.9 Å². The smallest absolute Gasteiger partial charge is 0.261 e. The molecule has 0 saturated carbocycles. The van der Waals surface area contributed by atoms with Crippen molar-refractivity contribution in [3.8, 4) is 0 Å². The summed E-state index contributed by atoms with van der Waals surface area (Å²) in [5, 5.41) is 4.64. The number of nitrogens with zero attached hydrogens (tertiary/aromatic N) is 2. The molecule has 21 heavy (non-hydrogen) atoms. The SMILES string of the molecule is CCCCN[C@@H](C)c1nc2cc(Cl)ccc2c(=O)n1CC. The molecule has 0 aliphatic rings. The predicted octanol–water partition coefficient (Wildman–Crippen LogP) is 3.52. The van der Waals surface area contributed by atoms with Crippen LogP contribution in [0.2, 0.25) is 5.02 Å². The molecular formula is C16H22ClN3O. The average molecular weight is 308 g/mol. The number of hydrogen-bond donors (Lipinski definition) is 1. The maximum atomic E-state index is 12.6.